The van der Waals surface area contributed by atoms with E-state index in [9.17, 15) is 9.90 Å². The zero-order valence-corrected chi connectivity index (χ0v) is 11.6. The Balaban J connectivity index is 2.34. The van der Waals surface area contributed by atoms with E-state index in [1.165, 1.54) is 14.2 Å². The third-order valence-corrected chi connectivity index (χ3v) is 2.95. The standard InChI is InChI=1S/C14H21NO4/c1-11(14(17)15(2)18-3)13(16)10-19-9-12-7-5-4-6-8-12/h4-8,11,13,16H,9-10H2,1-3H3/t11-,13+/m1/s1. The molecule has 1 aromatic rings. The van der Waals surface area contributed by atoms with E-state index >= 15 is 0 Å². The van der Waals surface area contributed by atoms with Crippen molar-refractivity contribution < 1.29 is 19.5 Å². The van der Waals surface area contributed by atoms with Gasteiger partial charge in [0, 0.05) is 7.05 Å². The average molecular weight is 267 g/mol. The number of nitrogens with zero attached hydrogens (tertiary/aromatic N) is 1. The summed E-state index contributed by atoms with van der Waals surface area (Å²) in [4.78, 5) is 16.5. The molecule has 0 fully saturated rings. The number of ether oxygens (including phenoxy) is 1. The van der Waals surface area contributed by atoms with Gasteiger partial charge in [-0.15, -0.1) is 0 Å². The molecule has 5 nitrogen and oxygen atoms in total. The first-order valence-corrected chi connectivity index (χ1v) is 6.17. The molecule has 0 aliphatic rings. The number of amides is 1. The molecule has 2 atom stereocenters. The fraction of sp³-hybridized carbons (Fsp3) is 0.500. The summed E-state index contributed by atoms with van der Waals surface area (Å²) in [6.07, 6.45) is -0.853. The molecule has 1 amide bonds. The molecule has 0 bridgehead atoms. The van der Waals surface area contributed by atoms with Crippen molar-refractivity contribution in [2.75, 3.05) is 20.8 Å². The molecule has 0 radical (unpaired) electrons. The summed E-state index contributed by atoms with van der Waals surface area (Å²) in [6, 6.07) is 9.67. The Kier molecular flexibility index (Phi) is 6.49. The smallest absolute Gasteiger partial charge is 0.251 e. The summed E-state index contributed by atoms with van der Waals surface area (Å²) in [7, 11) is 2.92. The van der Waals surface area contributed by atoms with Crippen LogP contribution in [0.15, 0.2) is 30.3 Å². The Hall–Kier alpha value is -1.43. The first-order chi connectivity index (χ1) is 9.06. The van der Waals surface area contributed by atoms with Crippen LogP contribution in [0, 0.1) is 5.92 Å². The summed E-state index contributed by atoms with van der Waals surface area (Å²) < 4.78 is 5.40. The molecule has 0 unspecified atom stereocenters. The second kappa shape index (κ2) is 7.89. The molecule has 0 saturated heterocycles. The van der Waals surface area contributed by atoms with Crippen molar-refractivity contribution in [1.82, 2.24) is 5.06 Å². The number of aliphatic hydroxyl groups excluding tert-OH is 1. The van der Waals surface area contributed by atoms with E-state index in [0.29, 0.717) is 6.61 Å². The second-order valence-electron chi connectivity index (χ2n) is 4.38. The third-order valence-electron chi connectivity index (χ3n) is 2.95. The van der Waals surface area contributed by atoms with Gasteiger partial charge in [0.15, 0.2) is 0 Å². The molecule has 0 heterocycles. The topological polar surface area (TPSA) is 59.0 Å². The molecule has 0 aliphatic carbocycles. The molecular weight excluding hydrogens is 246 g/mol. The molecule has 19 heavy (non-hydrogen) atoms. The predicted octanol–water partition coefficient (Wildman–Crippen LogP) is 1.22. The number of hydrogen-bond acceptors (Lipinski definition) is 4. The van der Waals surface area contributed by atoms with Crippen molar-refractivity contribution in [3.8, 4) is 0 Å². The highest BCUT2D eigenvalue weighted by Gasteiger charge is 2.25. The van der Waals surface area contributed by atoms with Gasteiger partial charge < -0.3 is 9.84 Å². The normalized spacial score (nSPS) is 13.9. The summed E-state index contributed by atoms with van der Waals surface area (Å²) in [6.45, 7) is 2.17. The van der Waals surface area contributed by atoms with Crippen LogP contribution < -0.4 is 0 Å². The Morgan fingerprint density at radius 1 is 1.37 bits per heavy atom. The third kappa shape index (κ3) is 4.98. The number of benzene rings is 1. The van der Waals surface area contributed by atoms with Crippen LogP contribution in [-0.2, 0) is 21.0 Å². The van der Waals surface area contributed by atoms with Crippen molar-refractivity contribution in [3.05, 3.63) is 35.9 Å². The number of hydrogen-bond donors (Lipinski definition) is 1. The summed E-state index contributed by atoms with van der Waals surface area (Å²) in [5.41, 5.74) is 1.03. The van der Waals surface area contributed by atoms with Crippen molar-refractivity contribution in [3.63, 3.8) is 0 Å². The van der Waals surface area contributed by atoms with E-state index in [-0.39, 0.29) is 12.5 Å². The van der Waals surface area contributed by atoms with Crippen molar-refractivity contribution in [1.29, 1.82) is 0 Å². The largest absolute Gasteiger partial charge is 0.390 e. The lowest BCUT2D eigenvalue weighted by atomic mass is 10.1. The minimum absolute atomic E-state index is 0.110. The van der Waals surface area contributed by atoms with Crippen LogP contribution in [0.5, 0.6) is 0 Å². The van der Waals surface area contributed by atoms with Gasteiger partial charge in [-0.2, -0.15) is 0 Å². The zero-order chi connectivity index (χ0) is 14.3. The number of rotatable bonds is 7. The molecule has 1 N–H and O–H groups in total. The van der Waals surface area contributed by atoms with Crippen LogP contribution in [0.25, 0.3) is 0 Å². The van der Waals surface area contributed by atoms with E-state index in [1.807, 2.05) is 30.3 Å². The first-order valence-electron chi connectivity index (χ1n) is 6.17. The van der Waals surface area contributed by atoms with Crippen LogP contribution in [-0.4, -0.2) is 42.9 Å². The maximum absolute atomic E-state index is 11.7. The molecular formula is C14H21NO4. The van der Waals surface area contributed by atoms with Gasteiger partial charge in [0.25, 0.3) is 5.91 Å². The van der Waals surface area contributed by atoms with Crippen LogP contribution in [0.2, 0.25) is 0 Å². The average Bonchev–Trinajstić information content (AvgIpc) is 2.45. The van der Waals surface area contributed by atoms with E-state index in [1.54, 1.807) is 6.92 Å². The Labute approximate surface area is 113 Å². The van der Waals surface area contributed by atoms with Crippen molar-refractivity contribution in [2.45, 2.75) is 19.6 Å². The second-order valence-corrected chi connectivity index (χ2v) is 4.38. The van der Waals surface area contributed by atoms with E-state index in [2.05, 4.69) is 0 Å². The maximum atomic E-state index is 11.7. The number of carbonyl (C=O) groups is 1. The van der Waals surface area contributed by atoms with Crippen LogP contribution in [0.3, 0.4) is 0 Å². The van der Waals surface area contributed by atoms with Gasteiger partial charge in [0.2, 0.25) is 0 Å². The lowest BCUT2D eigenvalue weighted by Crippen LogP contribution is -2.38. The molecule has 0 aromatic heterocycles. The highest BCUT2D eigenvalue weighted by Crippen LogP contribution is 2.09. The van der Waals surface area contributed by atoms with Gasteiger partial charge in [-0.25, -0.2) is 5.06 Å². The lowest BCUT2D eigenvalue weighted by molar-refractivity contribution is -0.177. The SMILES string of the molecule is CON(C)C(=O)[C@H](C)[C@@H](O)COCc1ccccc1. The molecule has 1 rings (SSSR count). The Bertz CT molecular complexity index is 382. The van der Waals surface area contributed by atoms with E-state index < -0.39 is 12.0 Å². The summed E-state index contributed by atoms with van der Waals surface area (Å²) in [5, 5.41) is 11.0. The number of hydroxylamine groups is 2. The Morgan fingerprint density at radius 2 is 2.00 bits per heavy atom. The number of carbonyl (C=O) groups excluding carboxylic acids is 1. The fourth-order valence-corrected chi connectivity index (χ4v) is 1.56. The van der Waals surface area contributed by atoms with Crippen LogP contribution in [0.4, 0.5) is 0 Å². The van der Waals surface area contributed by atoms with Crippen LogP contribution in [0.1, 0.15) is 12.5 Å². The molecule has 5 heteroatoms. The van der Waals surface area contributed by atoms with Gasteiger partial charge in [-0.05, 0) is 5.56 Å². The summed E-state index contributed by atoms with van der Waals surface area (Å²) >= 11 is 0. The lowest BCUT2D eigenvalue weighted by Gasteiger charge is -2.22. The van der Waals surface area contributed by atoms with E-state index in [4.69, 9.17) is 9.57 Å². The quantitative estimate of drug-likeness (QED) is 0.755. The highest BCUT2D eigenvalue weighted by atomic mass is 16.7. The highest BCUT2D eigenvalue weighted by molar-refractivity contribution is 5.77. The summed E-state index contributed by atoms with van der Waals surface area (Å²) in [5.74, 6) is -0.848. The molecule has 1 aromatic carbocycles. The monoisotopic (exact) mass is 267 g/mol. The minimum Gasteiger partial charge on any atom is -0.390 e. The van der Waals surface area contributed by atoms with Crippen molar-refractivity contribution >= 4 is 5.91 Å². The number of aliphatic hydroxyl groups is 1. The fourth-order valence-electron chi connectivity index (χ4n) is 1.56. The molecule has 0 saturated carbocycles. The predicted molar refractivity (Wildman–Crippen MR) is 71.0 cm³/mol. The molecule has 0 aliphatic heterocycles. The van der Waals surface area contributed by atoms with Gasteiger partial charge in [-0.3, -0.25) is 9.63 Å². The van der Waals surface area contributed by atoms with Crippen molar-refractivity contribution in [2.24, 2.45) is 5.92 Å². The molecule has 106 valence electrons. The minimum atomic E-state index is -0.853. The van der Waals surface area contributed by atoms with Gasteiger partial charge >= 0.3 is 0 Å². The van der Waals surface area contributed by atoms with Gasteiger partial charge in [0.1, 0.15) is 0 Å². The van der Waals surface area contributed by atoms with Crippen LogP contribution >= 0.6 is 0 Å². The van der Waals surface area contributed by atoms with Gasteiger partial charge in [0.05, 0.1) is 32.3 Å². The molecule has 0 spiro atoms. The van der Waals surface area contributed by atoms with Gasteiger partial charge in [-0.1, -0.05) is 37.3 Å². The maximum Gasteiger partial charge on any atom is 0.251 e. The van der Waals surface area contributed by atoms with E-state index in [0.717, 1.165) is 10.6 Å². The Morgan fingerprint density at radius 3 is 2.58 bits per heavy atom. The first kappa shape index (κ1) is 15.6. The zero-order valence-electron chi connectivity index (χ0n) is 11.6.